The molecule has 1 fully saturated rings. The van der Waals surface area contributed by atoms with Crippen molar-refractivity contribution in [1.82, 2.24) is 15.3 Å². The summed E-state index contributed by atoms with van der Waals surface area (Å²) in [5, 5.41) is 6.45. The normalized spacial score (nSPS) is 18.2. The number of amides is 1. The fourth-order valence-corrected chi connectivity index (χ4v) is 4.34. The Morgan fingerprint density at radius 1 is 1.00 bits per heavy atom. The topological polar surface area (TPSA) is 70.2 Å². The van der Waals surface area contributed by atoms with Crippen LogP contribution in [-0.2, 0) is 17.5 Å². The summed E-state index contributed by atoms with van der Waals surface area (Å²) in [5.74, 6) is -1.54. The van der Waals surface area contributed by atoms with Crippen LogP contribution in [0.2, 0.25) is 0 Å². The van der Waals surface area contributed by atoms with Crippen LogP contribution in [-0.4, -0.2) is 36.0 Å². The summed E-state index contributed by atoms with van der Waals surface area (Å²) in [5.41, 5.74) is 0.147. The van der Waals surface area contributed by atoms with Crippen molar-refractivity contribution >= 4 is 28.6 Å². The zero-order chi connectivity index (χ0) is 26.0. The van der Waals surface area contributed by atoms with Gasteiger partial charge in [-0.3, -0.25) is 4.79 Å². The first-order valence-electron chi connectivity index (χ1n) is 11.6. The van der Waals surface area contributed by atoms with E-state index < -0.39 is 23.4 Å². The highest BCUT2D eigenvalue weighted by atomic mass is 19.4. The fraction of sp³-hybridized carbons (Fsp3) is 0.400. The molecule has 1 amide bonds. The number of aromatic nitrogens is 2. The van der Waals surface area contributed by atoms with Gasteiger partial charge in [-0.15, -0.1) is 0 Å². The Labute approximate surface area is 204 Å². The molecular weight excluding hydrogens is 481 g/mol. The molecule has 0 radical (unpaired) electrons. The predicted octanol–water partition coefficient (Wildman–Crippen LogP) is 5.28. The second-order valence-electron chi connectivity index (χ2n) is 9.15. The third-order valence-corrected chi connectivity index (χ3v) is 6.32. The van der Waals surface area contributed by atoms with Gasteiger partial charge in [0.1, 0.15) is 5.82 Å². The third kappa shape index (κ3) is 5.83. The summed E-state index contributed by atoms with van der Waals surface area (Å²) in [4.78, 5) is 23.1. The zero-order valence-electron chi connectivity index (χ0n) is 19.8. The van der Waals surface area contributed by atoms with Crippen LogP contribution >= 0.6 is 0 Å². The van der Waals surface area contributed by atoms with E-state index in [1.807, 2.05) is 0 Å². The lowest BCUT2D eigenvalue weighted by Gasteiger charge is -2.28. The van der Waals surface area contributed by atoms with Crippen molar-refractivity contribution in [2.75, 3.05) is 24.3 Å². The van der Waals surface area contributed by atoms with Gasteiger partial charge in [-0.1, -0.05) is 12.1 Å². The molecule has 4 rings (SSSR count). The maximum absolute atomic E-state index is 13.8. The van der Waals surface area contributed by atoms with Crippen LogP contribution < -0.4 is 15.5 Å². The summed E-state index contributed by atoms with van der Waals surface area (Å²) in [6.07, 6.45) is -1.81. The third-order valence-electron chi connectivity index (χ3n) is 6.32. The number of fused-ring (bicyclic) bond motifs is 1. The van der Waals surface area contributed by atoms with Crippen molar-refractivity contribution in [1.29, 1.82) is 0 Å². The van der Waals surface area contributed by atoms with Crippen LogP contribution in [0, 0.1) is 17.6 Å². The van der Waals surface area contributed by atoms with Gasteiger partial charge in [-0.05, 0) is 49.4 Å². The van der Waals surface area contributed by atoms with E-state index in [0.29, 0.717) is 48.4 Å². The first-order chi connectivity index (χ1) is 17.0. The van der Waals surface area contributed by atoms with Crippen LogP contribution in [0.5, 0.6) is 0 Å². The van der Waals surface area contributed by atoms with E-state index in [-0.39, 0.29) is 29.9 Å². The molecule has 0 aliphatic heterocycles. The van der Waals surface area contributed by atoms with Gasteiger partial charge >= 0.3 is 6.18 Å². The van der Waals surface area contributed by atoms with Crippen molar-refractivity contribution in [3.63, 3.8) is 0 Å². The maximum atomic E-state index is 13.8. The summed E-state index contributed by atoms with van der Waals surface area (Å²) in [7, 11) is 3.50. The molecule has 1 aliphatic carbocycles. The summed E-state index contributed by atoms with van der Waals surface area (Å²) in [6.45, 7) is 0.157. The van der Waals surface area contributed by atoms with Gasteiger partial charge in [0.2, 0.25) is 11.9 Å². The number of hydrogen-bond acceptors (Lipinski definition) is 5. The van der Waals surface area contributed by atoms with Gasteiger partial charge in [0, 0.05) is 44.1 Å². The molecule has 36 heavy (non-hydrogen) atoms. The highest BCUT2D eigenvalue weighted by Crippen LogP contribution is 2.31. The van der Waals surface area contributed by atoms with Crippen molar-refractivity contribution in [3.8, 4) is 0 Å². The SMILES string of the molecule is CN(C)c1nc(NC2CCC(C(=O)NCc3ccc(C(F)(F)F)cc3)CC2)nc2cc(F)c(F)cc12. The average Bonchev–Trinajstić information content (AvgIpc) is 2.83. The fourth-order valence-electron chi connectivity index (χ4n) is 4.34. The smallest absolute Gasteiger partial charge is 0.362 e. The molecule has 0 atom stereocenters. The van der Waals surface area contributed by atoms with E-state index in [1.54, 1.807) is 19.0 Å². The molecule has 6 nitrogen and oxygen atoms in total. The van der Waals surface area contributed by atoms with Gasteiger partial charge in [0.25, 0.3) is 0 Å². The Kier molecular flexibility index (Phi) is 7.28. The van der Waals surface area contributed by atoms with Gasteiger partial charge in [0.15, 0.2) is 11.6 Å². The van der Waals surface area contributed by atoms with E-state index >= 15 is 0 Å². The second kappa shape index (κ2) is 10.2. The van der Waals surface area contributed by atoms with Crippen molar-refractivity contribution in [3.05, 3.63) is 59.2 Å². The number of carbonyl (C=O) groups excluding carboxylic acids is 1. The summed E-state index contributed by atoms with van der Waals surface area (Å²) >= 11 is 0. The molecule has 3 aromatic rings. The van der Waals surface area contributed by atoms with Crippen molar-refractivity contribution in [2.45, 2.75) is 44.4 Å². The highest BCUT2D eigenvalue weighted by Gasteiger charge is 2.30. The van der Waals surface area contributed by atoms with E-state index in [1.165, 1.54) is 12.1 Å². The quantitative estimate of drug-likeness (QED) is 0.445. The Morgan fingerprint density at radius 2 is 1.64 bits per heavy atom. The Morgan fingerprint density at radius 3 is 2.25 bits per heavy atom. The molecule has 0 unspecified atom stereocenters. The van der Waals surface area contributed by atoms with Crippen molar-refractivity contribution in [2.24, 2.45) is 5.92 Å². The van der Waals surface area contributed by atoms with Gasteiger partial charge < -0.3 is 15.5 Å². The summed E-state index contributed by atoms with van der Waals surface area (Å²) in [6, 6.07) is 6.84. The Bertz CT molecular complexity index is 1240. The Hall–Kier alpha value is -3.50. The molecule has 1 saturated carbocycles. The molecule has 2 N–H and O–H groups in total. The van der Waals surface area contributed by atoms with Crippen LogP contribution in [0.1, 0.15) is 36.8 Å². The van der Waals surface area contributed by atoms with E-state index in [0.717, 1.165) is 24.3 Å². The first-order valence-corrected chi connectivity index (χ1v) is 11.6. The molecular formula is C25H26F5N5O. The lowest BCUT2D eigenvalue weighted by atomic mass is 9.85. The van der Waals surface area contributed by atoms with Gasteiger partial charge in [-0.2, -0.15) is 18.2 Å². The number of nitrogens with one attached hydrogen (secondary N) is 2. The van der Waals surface area contributed by atoms with Crippen LogP contribution in [0.15, 0.2) is 36.4 Å². The molecule has 1 heterocycles. The molecule has 1 aliphatic rings. The molecule has 0 saturated heterocycles. The lowest BCUT2D eigenvalue weighted by molar-refractivity contribution is -0.137. The highest BCUT2D eigenvalue weighted by molar-refractivity contribution is 5.90. The number of rotatable bonds is 6. The Balaban J connectivity index is 1.33. The van der Waals surface area contributed by atoms with Gasteiger partial charge in [0.05, 0.1) is 11.1 Å². The second-order valence-corrected chi connectivity index (χ2v) is 9.15. The van der Waals surface area contributed by atoms with Crippen LogP contribution in [0.4, 0.5) is 33.7 Å². The summed E-state index contributed by atoms with van der Waals surface area (Å²) < 4.78 is 65.6. The molecule has 11 heteroatoms. The van der Waals surface area contributed by atoms with E-state index in [4.69, 9.17) is 0 Å². The first kappa shape index (κ1) is 25.6. The number of nitrogens with zero attached hydrogens (tertiary/aromatic N) is 3. The average molecular weight is 508 g/mol. The largest absolute Gasteiger partial charge is 0.416 e. The van der Waals surface area contributed by atoms with Crippen molar-refractivity contribution < 1.29 is 26.7 Å². The number of hydrogen-bond donors (Lipinski definition) is 2. The standard InChI is InChI=1S/C25H26F5N5O/c1-35(2)22-18-11-19(26)20(27)12-21(18)33-24(34-22)32-17-9-5-15(6-10-17)23(36)31-13-14-3-7-16(8-4-14)25(28,29)30/h3-4,7-8,11-12,15,17H,5-6,9-10,13H2,1-2H3,(H,31,36)(H,32,33,34). The van der Waals surface area contributed by atoms with E-state index in [9.17, 15) is 26.7 Å². The molecule has 192 valence electrons. The van der Waals surface area contributed by atoms with Gasteiger partial charge in [-0.25, -0.2) is 13.8 Å². The van der Waals surface area contributed by atoms with Crippen LogP contribution in [0.3, 0.4) is 0 Å². The number of anilines is 2. The molecule has 0 bridgehead atoms. The molecule has 0 spiro atoms. The number of halogens is 5. The number of alkyl halides is 3. The molecule has 2 aromatic carbocycles. The number of carbonyl (C=O) groups is 1. The predicted molar refractivity (Wildman–Crippen MR) is 126 cm³/mol. The zero-order valence-corrected chi connectivity index (χ0v) is 19.8. The maximum Gasteiger partial charge on any atom is 0.416 e. The minimum absolute atomic E-state index is 0.00159. The number of benzene rings is 2. The minimum Gasteiger partial charge on any atom is -0.362 e. The monoisotopic (exact) mass is 507 g/mol. The van der Waals surface area contributed by atoms with E-state index in [2.05, 4.69) is 20.6 Å². The molecule has 1 aromatic heterocycles. The lowest BCUT2D eigenvalue weighted by Crippen LogP contribution is -2.36. The van der Waals surface area contributed by atoms with Crippen LogP contribution in [0.25, 0.3) is 10.9 Å². The minimum atomic E-state index is -4.39.